The first-order chi connectivity index (χ1) is 9.16. The summed E-state index contributed by atoms with van der Waals surface area (Å²) >= 11 is 1.27. The Bertz CT molecular complexity index is 759. The fraction of sp³-hybridized carbons (Fsp3) is 0.154. The van der Waals surface area contributed by atoms with Gasteiger partial charge in [0.1, 0.15) is 10.7 Å². The number of anilines is 1. The van der Waals surface area contributed by atoms with E-state index in [-0.39, 0.29) is 5.91 Å². The number of fused-ring (bicyclic) bond motifs is 1. The second-order valence-corrected chi connectivity index (χ2v) is 5.16. The van der Waals surface area contributed by atoms with E-state index in [2.05, 4.69) is 19.9 Å². The molecule has 0 aliphatic carbocycles. The molecule has 2 N–H and O–H groups in total. The van der Waals surface area contributed by atoms with Crippen LogP contribution in [0.2, 0.25) is 0 Å². The van der Waals surface area contributed by atoms with Gasteiger partial charge < -0.3 is 5.32 Å². The number of carbonyl (C=O) groups is 1. The average Bonchev–Trinajstić information content (AvgIpc) is 2.97. The van der Waals surface area contributed by atoms with E-state index in [1.165, 1.54) is 11.5 Å². The van der Waals surface area contributed by atoms with Crippen LogP contribution < -0.4 is 5.32 Å². The molecule has 0 aliphatic rings. The van der Waals surface area contributed by atoms with Crippen LogP contribution in [-0.2, 0) is 0 Å². The fourth-order valence-electron chi connectivity index (χ4n) is 1.93. The Morgan fingerprint density at radius 2 is 2.16 bits per heavy atom. The van der Waals surface area contributed by atoms with Crippen LogP contribution >= 0.6 is 11.5 Å². The quantitative estimate of drug-likeness (QED) is 0.753. The maximum atomic E-state index is 12.2. The number of hydrogen-bond donors (Lipinski definition) is 2. The second-order valence-electron chi connectivity index (χ2n) is 4.36. The molecule has 3 rings (SSSR count). The number of nitrogens with zero attached hydrogens (tertiary/aromatic N) is 2. The van der Waals surface area contributed by atoms with Crippen molar-refractivity contribution in [3.63, 3.8) is 0 Å². The van der Waals surface area contributed by atoms with E-state index in [4.69, 9.17) is 0 Å². The van der Waals surface area contributed by atoms with Crippen LogP contribution in [0.4, 0.5) is 5.00 Å². The van der Waals surface area contributed by atoms with Gasteiger partial charge in [0.05, 0.1) is 5.52 Å². The predicted molar refractivity (Wildman–Crippen MR) is 75.6 cm³/mol. The van der Waals surface area contributed by atoms with E-state index in [0.717, 1.165) is 27.0 Å². The summed E-state index contributed by atoms with van der Waals surface area (Å²) in [6.07, 6.45) is 1.73. The van der Waals surface area contributed by atoms with Gasteiger partial charge in [-0.2, -0.15) is 9.47 Å². The molecule has 6 heteroatoms. The molecule has 0 unspecified atom stereocenters. The van der Waals surface area contributed by atoms with Gasteiger partial charge in [-0.15, -0.1) is 0 Å². The van der Waals surface area contributed by atoms with Crippen molar-refractivity contribution in [2.24, 2.45) is 0 Å². The molecule has 2 aromatic heterocycles. The number of hydrogen-bond acceptors (Lipinski definition) is 4. The molecule has 0 fully saturated rings. The Hall–Kier alpha value is -2.21. The minimum Gasteiger partial charge on any atom is -0.311 e. The Morgan fingerprint density at radius 3 is 2.89 bits per heavy atom. The molecule has 0 saturated carbocycles. The van der Waals surface area contributed by atoms with Crippen LogP contribution in [0.1, 0.15) is 21.6 Å². The summed E-state index contributed by atoms with van der Waals surface area (Å²) in [7, 11) is 0. The van der Waals surface area contributed by atoms with Crippen molar-refractivity contribution in [3.05, 3.63) is 41.2 Å². The fourth-order valence-corrected chi connectivity index (χ4v) is 2.58. The third-order valence-corrected chi connectivity index (χ3v) is 3.81. The summed E-state index contributed by atoms with van der Waals surface area (Å²) in [5, 5.41) is 11.4. The highest BCUT2D eigenvalue weighted by molar-refractivity contribution is 7.10. The zero-order chi connectivity index (χ0) is 13.4. The van der Waals surface area contributed by atoms with Gasteiger partial charge in [-0.1, -0.05) is 18.2 Å². The highest BCUT2D eigenvalue weighted by Crippen LogP contribution is 2.23. The number of H-pyrrole nitrogens is 1. The number of amides is 1. The van der Waals surface area contributed by atoms with Crippen molar-refractivity contribution in [1.29, 1.82) is 0 Å². The largest absolute Gasteiger partial charge is 0.311 e. The van der Waals surface area contributed by atoms with Gasteiger partial charge in [-0.25, -0.2) is 0 Å². The van der Waals surface area contributed by atoms with Gasteiger partial charge in [0.15, 0.2) is 0 Å². The molecule has 1 aromatic carbocycles. The minimum absolute atomic E-state index is 0.194. The zero-order valence-electron chi connectivity index (χ0n) is 10.5. The minimum atomic E-state index is -0.194. The molecule has 5 nitrogen and oxygen atoms in total. The van der Waals surface area contributed by atoms with Gasteiger partial charge in [0, 0.05) is 17.1 Å². The molecule has 2 heterocycles. The predicted octanol–water partition coefficient (Wildman–Crippen LogP) is 2.89. The Kier molecular flexibility index (Phi) is 2.79. The topological polar surface area (TPSA) is 70.7 Å². The molecule has 19 heavy (non-hydrogen) atoms. The number of para-hydroxylation sites is 1. The van der Waals surface area contributed by atoms with Crippen molar-refractivity contribution in [2.75, 3.05) is 5.32 Å². The summed E-state index contributed by atoms with van der Waals surface area (Å²) in [6, 6.07) is 5.78. The number of aryl methyl sites for hydroxylation is 2. The standard InChI is InChI=1S/C13H12N4OS/c1-7-4-3-5-9-10(7)16-17-11(9)12(18)15-13-8(2)6-14-19-13/h3-6H,1-2H3,(H,15,18)(H,16,17). The molecular formula is C13H12N4OS. The first kappa shape index (κ1) is 11.9. The smallest absolute Gasteiger partial charge is 0.274 e. The first-order valence-corrected chi connectivity index (χ1v) is 6.60. The summed E-state index contributed by atoms with van der Waals surface area (Å²) < 4.78 is 4.03. The molecule has 0 bridgehead atoms. The van der Waals surface area contributed by atoms with E-state index in [1.807, 2.05) is 32.0 Å². The third kappa shape index (κ3) is 2.00. The Morgan fingerprint density at radius 1 is 1.32 bits per heavy atom. The maximum Gasteiger partial charge on any atom is 0.274 e. The number of nitrogens with one attached hydrogen (secondary N) is 2. The first-order valence-electron chi connectivity index (χ1n) is 5.83. The molecular weight excluding hydrogens is 260 g/mol. The molecule has 0 atom stereocenters. The number of rotatable bonds is 2. The van der Waals surface area contributed by atoms with Crippen LogP contribution in [0.15, 0.2) is 24.4 Å². The van der Waals surface area contributed by atoms with E-state index < -0.39 is 0 Å². The van der Waals surface area contributed by atoms with Crippen LogP contribution in [0.3, 0.4) is 0 Å². The highest BCUT2D eigenvalue weighted by Gasteiger charge is 2.15. The van der Waals surface area contributed by atoms with Gasteiger partial charge in [0.2, 0.25) is 0 Å². The van der Waals surface area contributed by atoms with Gasteiger partial charge >= 0.3 is 0 Å². The molecule has 1 amide bonds. The van der Waals surface area contributed by atoms with Crippen molar-refractivity contribution < 1.29 is 4.79 Å². The SMILES string of the molecule is Cc1cnsc1NC(=O)c1[nH]nc2c(C)cccc12. The molecule has 3 aromatic rings. The lowest BCUT2D eigenvalue weighted by atomic mass is 10.1. The molecule has 0 spiro atoms. The molecule has 0 radical (unpaired) electrons. The lowest BCUT2D eigenvalue weighted by Gasteiger charge is -2.01. The maximum absolute atomic E-state index is 12.2. The summed E-state index contributed by atoms with van der Waals surface area (Å²) in [5.41, 5.74) is 3.31. The van der Waals surface area contributed by atoms with Crippen LogP contribution in [-0.4, -0.2) is 20.5 Å². The van der Waals surface area contributed by atoms with Crippen molar-refractivity contribution >= 4 is 33.3 Å². The summed E-state index contributed by atoms with van der Waals surface area (Å²) in [6.45, 7) is 3.88. The Balaban J connectivity index is 1.99. The summed E-state index contributed by atoms with van der Waals surface area (Å²) in [4.78, 5) is 12.2. The Labute approximate surface area is 113 Å². The van der Waals surface area contributed by atoms with Gasteiger partial charge in [0.25, 0.3) is 5.91 Å². The average molecular weight is 272 g/mol. The lowest BCUT2D eigenvalue weighted by molar-refractivity contribution is 0.102. The van der Waals surface area contributed by atoms with E-state index in [9.17, 15) is 4.79 Å². The second kappa shape index (κ2) is 4.47. The number of aromatic amines is 1. The van der Waals surface area contributed by atoms with Crippen molar-refractivity contribution in [2.45, 2.75) is 13.8 Å². The van der Waals surface area contributed by atoms with Crippen molar-refractivity contribution in [1.82, 2.24) is 14.6 Å². The van der Waals surface area contributed by atoms with Gasteiger partial charge in [-0.3, -0.25) is 9.89 Å². The molecule has 0 aliphatic heterocycles. The number of aromatic nitrogens is 3. The van der Waals surface area contributed by atoms with E-state index in [0.29, 0.717) is 5.69 Å². The van der Waals surface area contributed by atoms with Crippen LogP contribution in [0.25, 0.3) is 10.9 Å². The third-order valence-electron chi connectivity index (χ3n) is 2.99. The highest BCUT2D eigenvalue weighted by atomic mass is 32.1. The summed E-state index contributed by atoms with van der Waals surface area (Å²) in [5.74, 6) is -0.194. The van der Waals surface area contributed by atoms with Gasteiger partial charge in [-0.05, 0) is 30.9 Å². The lowest BCUT2D eigenvalue weighted by Crippen LogP contribution is -2.12. The number of carbonyl (C=O) groups excluding carboxylic acids is 1. The zero-order valence-corrected chi connectivity index (χ0v) is 11.3. The van der Waals surface area contributed by atoms with Crippen molar-refractivity contribution in [3.8, 4) is 0 Å². The van der Waals surface area contributed by atoms with Crippen LogP contribution in [0.5, 0.6) is 0 Å². The number of benzene rings is 1. The van der Waals surface area contributed by atoms with E-state index in [1.54, 1.807) is 6.20 Å². The molecule has 96 valence electrons. The monoisotopic (exact) mass is 272 g/mol. The van der Waals surface area contributed by atoms with Crippen LogP contribution in [0, 0.1) is 13.8 Å². The van der Waals surface area contributed by atoms with E-state index >= 15 is 0 Å². The normalized spacial score (nSPS) is 10.8. The molecule has 0 saturated heterocycles.